The van der Waals surface area contributed by atoms with Crippen LogP contribution in [0.5, 0.6) is 0 Å². The van der Waals surface area contributed by atoms with Crippen molar-refractivity contribution in [1.29, 1.82) is 0 Å². The minimum absolute atomic E-state index is 0.0250. The lowest BCUT2D eigenvalue weighted by Crippen LogP contribution is -2.29. The van der Waals surface area contributed by atoms with Gasteiger partial charge in [0, 0.05) is 12.6 Å². The third-order valence-corrected chi connectivity index (χ3v) is 5.66. The third kappa shape index (κ3) is 3.24. The number of sulfonamides is 1. The molecule has 2 fully saturated rings. The first-order valence-electron chi connectivity index (χ1n) is 7.35. The Bertz CT molecular complexity index is 571. The van der Waals surface area contributed by atoms with Crippen molar-refractivity contribution in [3.63, 3.8) is 0 Å². The van der Waals surface area contributed by atoms with Crippen molar-refractivity contribution in [1.82, 2.24) is 10.0 Å². The number of hydrogen-bond acceptors (Lipinski definition) is 4. The maximum absolute atomic E-state index is 12.2. The standard InChI is InChI=1S/C14H22N2O3S/c1-2-14(7-8-14)10-16-20(17,18)13-6-5-12(19-13)9-15-11-3-4-11/h5-6,11,15-16H,2-4,7-10H2,1H3. The van der Waals surface area contributed by atoms with Crippen molar-refractivity contribution in [2.24, 2.45) is 5.41 Å². The minimum atomic E-state index is -3.51. The van der Waals surface area contributed by atoms with E-state index >= 15 is 0 Å². The lowest BCUT2D eigenvalue weighted by molar-refractivity contribution is 0.395. The number of hydrogen-bond donors (Lipinski definition) is 2. The Balaban J connectivity index is 1.58. The Morgan fingerprint density at radius 1 is 1.35 bits per heavy atom. The summed E-state index contributed by atoms with van der Waals surface area (Å²) in [6, 6.07) is 3.85. The molecule has 0 aromatic carbocycles. The molecule has 0 saturated heterocycles. The van der Waals surface area contributed by atoms with Crippen LogP contribution in [-0.4, -0.2) is 21.0 Å². The van der Waals surface area contributed by atoms with Crippen LogP contribution in [0.25, 0.3) is 0 Å². The molecule has 2 aliphatic carbocycles. The molecule has 0 amide bonds. The second kappa shape index (κ2) is 5.16. The quantitative estimate of drug-likeness (QED) is 0.770. The molecule has 5 nitrogen and oxygen atoms in total. The van der Waals surface area contributed by atoms with E-state index in [1.54, 1.807) is 6.07 Å². The highest BCUT2D eigenvalue weighted by Crippen LogP contribution is 2.48. The SMILES string of the molecule is CCC1(CNS(=O)(=O)c2ccc(CNC3CC3)o2)CC1. The fourth-order valence-corrected chi connectivity index (χ4v) is 3.38. The van der Waals surface area contributed by atoms with Crippen LogP contribution in [0, 0.1) is 5.41 Å². The van der Waals surface area contributed by atoms with E-state index in [0.29, 0.717) is 24.9 Å². The zero-order valence-electron chi connectivity index (χ0n) is 11.8. The Morgan fingerprint density at radius 3 is 2.70 bits per heavy atom. The Hall–Kier alpha value is -0.850. The van der Waals surface area contributed by atoms with Crippen molar-refractivity contribution in [3.05, 3.63) is 17.9 Å². The van der Waals surface area contributed by atoms with Crippen LogP contribution < -0.4 is 10.0 Å². The van der Waals surface area contributed by atoms with Gasteiger partial charge in [0.2, 0.25) is 5.09 Å². The molecule has 6 heteroatoms. The summed E-state index contributed by atoms with van der Waals surface area (Å²) in [5, 5.41) is 3.33. The second-order valence-corrected chi connectivity index (χ2v) is 7.75. The van der Waals surface area contributed by atoms with Crippen molar-refractivity contribution in [2.75, 3.05) is 6.54 Å². The van der Waals surface area contributed by atoms with E-state index in [1.165, 1.54) is 18.9 Å². The highest BCUT2D eigenvalue weighted by atomic mass is 32.2. The van der Waals surface area contributed by atoms with Crippen LogP contribution in [-0.2, 0) is 16.6 Å². The Kier molecular flexibility index (Phi) is 3.64. The summed E-state index contributed by atoms with van der Waals surface area (Å²) in [4.78, 5) is 0. The molecular formula is C14H22N2O3S. The van der Waals surface area contributed by atoms with Crippen LogP contribution in [0.2, 0.25) is 0 Å². The molecule has 0 spiro atoms. The van der Waals surface area contributed by atoms with Crippen molar-refractivity contribution < 1.29 is 12.8 Å². The topological polar surface area (TPSA) is 71.3 Å². The summed E-state index contributed by atoms with van der Waals surface area (Å²) < 4.78 is 32.4. The Labute approximate surface area is 120 Å². The third-order valence-electron chi connectivity index (χ3n) is 4.39. The smallest absolute Gasteiger partial charge is 0.273 e. The first-order chi connectivity index (χ1) is 9.53. The zero-order valence-corrected chi connectivity index (χ0v) is 12.6. The van der Waals surface area contributed by atoms with Gasteiger partial charge in [-0.05, 0) is 49.7 Å². The van der Waals surface area contributed by atoms with Gasteiger partial charge in [0.15, 0.2) is 0 Å². The molecule has 2 N–H and O–H groups in total. The average Bonchev–Trinajstić information content (AvgIpc) is 3.35. The van der Waals surface area contributed by atoms with Gasteiger partial charge < -0.3 is 9.73 Å². The normalized spacial score (nSPS) is 21.1. The summed E-state index contributed by atoms with van der Waals surface area (Å²) in [7, 11) is -3.51. The van der Waals surface area contributed by atoms with Crippen LogP contribution in [0.15, 0.2) is 21.6 Å². The van der Waals surface area contributed by atoms with E-state index in [4.69, 9.17) is 4.42 Å². The zero-order chi connectivity index (χ0) is 14.2. The van der Waals surface area contributed by atoms with Gasteiger partial charge in [-0.15, -0.1) is 0 Å². The van der Waals surface area contributed by atoms with Gasteiger partial charge in [-0.3, -0.25) is 0 Å². The molecule has 1 aromatic rings. The maximum Gasteiger partial charge on any atom is 0.273 e. The molecule has 112 valence electrons. The lowest BCUT2D eigenvalue weighted by Gasteiger charge is -2.12. The van der Waals surface area contributed by atoms with Crippen molar-refractivity contribution >= 4 is 10.0 Å². The fourth-order valence-electron chi connectivity index (χ4n) is 2.28. The molecule has 2 aliphatic rings. The number of nitrogens with one attached hydrogen (secondary N) is 2. The molecule has 0 unspecified atom stereocenters. The van der Waals surface area contributed by atoms with E-state index in [9.17, 15) is 8.42 Å². The summed E-state index contributed by atoms with van der Waals surface area (Å²) in [5.41, 5.74) is 0.190. The molecule has 3 rings (SSSR count). The highest BCUT2D eigenvalue weighted by molar-refractivity contribution is 7.89. The fraction of sp³-hybridized carbons (Fsp3) is 0.714. The van der Waals surface area contributed by atoms with Gasteiger partial charge in [0.1, 0.15) is 5.76 Å². The van der Waals surface area contributed by atoms with Crippen LogP contribution >= 0.6 is 0 Å². The molecule has 0 aliphatic heterocycles. The summed E-state index contributed by atoms with van der Waals surface area (Å²) in [6.07, 6.45) is 5.64. The molecule has 0 bridgehead atoms. The molecule has 2 saturated carbocycles. The summed E-state index contributed by atoms with van der Waals surface area (Å²) in [5.74, 6) is 0.675. The van der Waals surface area contributed by atoms with E-state index in [-0.39, 0.29) is 10.5 Å². The molecular weight excluding hydrogens is 276 g/mol. The van der Waals surface area contributed by atoms with E-state index in [2.05, 4.69) is 17.0 Å². The maximum atomic E-state index is 12.2. The van der Waals surface area contributed by atoms with Gasteiger partial charge >= 0.3 is 0 Å². The van der Waals surface area contributed by atoms with Gasteiger partial charge in [0.05, 0.1) is 6.54 Å². The van der Waals surface area contributed by atoms with E-state index in [1.807, 2.05) is 0 Å². The monoisotopic (exact) mass is 298 g/mol. The predicted octanol–water partition coefficient (Wildman–Crippen LogP) is 2.00. The van der Waals surface area contributed by atoms with Crippen LogP contribution in [0.4, 0.5) is 0 Å². The average molecular weight is 298 g/mol. The van der Waals surface area contributed by atoms with Gasteiger partial charge in [-0.2, -0.15) is 0 Å². The largest absolute Gasteiger partial charge is 0.447 e. The molecule has 0 atom stereocenters. The Morgan fingerprint density at radius 2 is 2.10 bits per heavy atom. The van der Waals surface area contributed by atoms with E-state index < -0.39 is 10.0 Å². The number of furan rings is 1. The van der Waals surface area contributed by atoms with Gasteiger partial charge in [0.25, 0.3) is 10.0 Å². The molecule has 1 heterocycles. The lowest BCUT2D eigenvalue weighted by atomic mass is 10.1. The molecule has 0 radical (unpaired) electrons. The highest BCUT2D eigenvalue weighted by Gasteiger charge is 2.41. The summed E-state index contributed by atoms with van der Waals surface area (Å²) in [6.45, 7) is 3.22. The predicted molar refractivity (Wildman–Crippen MR) is 75.7 cm³/mol. The van der Waals surface area contributed by atoms with Gasteiger partial charge in [-0.25, -0.2) is 13.1 Å². The molecule has 20 heavy (non-hydrogen) atoms. The first-order valence-corrected chi connectivity index (χ1v) is 8.83. The van der Waals surface area contributed by atoms with Crippen molar-refractivity contribution in [2.45, 2.75) is 56.7 Å². The van der Waals surface area contributed by atoms with Gasteiger partial charge in [-0.1, -0.05) is 6.92 Å². The van der Waals surface area contributed by atoms with Crippen molar-refractivity contribution in [3.8, 4) is 0 Å². The summed E-state index contributed by atoms with van der Waals surface area (Å²) >= 11 is 0. The molecule has 1 aromatic heterocycles. The van der Waals surface area contributed by atoms with Crippen LogP contribution in [0.3, 0.4) is 0 Å². The second-order valence-electron chi connectivity index (χ2n) is 6.05. The van der Waals surface area contributed by atoms with Crippen LogP contribution in [0.1, 0.15) is 44.8 Å². The first kappa shape index (κ1) is 14.1. The van der Waals surface area contributed by atoms with E-state index in [0.717, 1.165) is 19.3 Å². The minimum Gasteiger partial charge on any atom is -0.447 e. The number of rotatable bonds is 8.